The first-order valence-corrected chi connectivity index (χ1v) is 5.42. The maximum Gasteiger partial charge on any atom is 0.0789 e. The summed E-state index contributed by atoms with van der Waals surface area (Å²) in [6, 6.07) is 0. The number of hydrogen-bond acceptors (Lipinski definition) is 2. The monoisotopic (exact) mass is 202 g/mol. The zero-order valence-electron chi connectivity index (χ0n) is 6.77. The summed E-state index contributed by atoms with van der Waals surface area (Å²) in [7, 11) is 0. The van der Waals surface area contributed by atoms with Crippen LogP contribution in [0.15, 0.2) is 0 Å². The molecule has 1 aliphatic rings. The van der Waals surface area contributed by atoms with E-state index >= 15 is 0 Å². The zero-order valence-corrected chi connectivity index (χ0v) is 8.34. The van der Waals surface area contributed by atoms with E-state index in [9.17, 15) is 0 Å². The maximum absolute atomic E-state index is 8.99. The van der Waals surface area contributed by atoms with Gasteiger partial charge < -0.3 is 5.11 Å². The van der Waals surface area contributed by atoms with Crippen molar-refractivity contribution >= 4 is 22.9 Å². The van der Waals surface area contributed by atoms with Crippen molar-refractivity contribution in [3.63, 3.8) is 0 Å². The van der Waals surface area contributed by atoms with Gasteiger partial charge in [-0.3, -0.25) is 0 Å². The molecule has 1 aromatic rings. The van der Waals surface area contributed by atoms with E-state index in [-0.39, 0.29) is 6.61 Å². The molecule has 2 rings (SSSR count). The molecule has 0 amide bonds. The molecule has 0 spiro atoms. The Bertz CT molecular complexity index is 293. The quantitative estimate of drug-likeness (QED) is 0.743. The average Bonchev–Trinajstić information content (AvgIpc) is 2.44. The van der Waals surface area contributed by atoms with Gasteiger partial charge in [0.1, 0.15) is 0 Å². The second-order valence-electron chi connectivity index (χ2n) is 3.11. The number of hydrogen-bond donors (Lipinski definition) is 1. The highest BCUT2D eigenvalue weighted by atomic mass is 35.5. The Morgan fingerprint density at radius 2 is 2.08 bits per heavy atom. The molecule has 66 valence electrons. The number of aryl methyl sites for hydroxylation is 1. The Kier molecular flexibility index (Phi) is 2.40. The Labute approximate surface area is 81.0 Å². The minimum atomic E-state index is 0.0937. The van der Waals surface area contributed by atoms with Crippen molar-refractivity contribution in [2.24, 2.45) is 0 Å². The van der Waals surface area contributed by atoms with Gasteiger partial charge in [-0.15, -0.1) is 11.3 Å². The molecular weight excluding hydrogens is 192 g/mol. The van der Waals surface area contributed by atoms with E-state index in [1.165, 1.54) is 23.3 Å². The highest BCUT2D eigenvalue weighted by Crippen LogP contribution is 2.37. The van der Waals surface area contributed by atoms with Gasteiger partial charge in [-0.05, 0) is 31.2 Å². The van der Waals surface area contributed by atoms with Gasteiger partial charge in [-0.1, -0.05) is 11.6 Å². The standard InChI is InChI=1S/C9H11ClOS/c10-9-6-3-1-2-4-7(6)12-8(9)5-11/h11H,1-5H2. The molecule has 0 saturated carbocycles. The lowest BCUT2D eigenvalue weighted by atomic mass is 9.99. The molecule has 3 heteroatoms. The smallest absolute Gasteiger partial charge is 0.0789 e. The summed E-state index contributed by atoms with van der Waals surface area (Å²) in [4.78, 5) is 2.35. The van der Waals surface area contributed by atoms with Crippen molar-refractivity contribution in [2.75, 3.05) is 0 Å². The van der Waals surface area contributed by atoms with Crippen LogP contribution >= 0.6 is 22.9 Å². The van der Waals surface area contributed by atoms with Gasteiger partial charge in [0, 0.05) is 9.75 Å². The molecule has 0 atom stereocenters. The molecule has 1 heterocycles. The predicted molar refractivity (Wildman–Crippen MR) is 51.9 cm³/mol. The SMILES string of the molecule is OCc1sc2c(c1Cl)CCCC2. The molecule has 0 radical (unpaired) electrons. The summed E-state index contributed by atoms with van der Waals surface area (Å²) in [5.41, 5.74) is 1.30. The minimum absolute atomic E-state index is 0.0937. The lowest BCUT2D eigenvalue weighted by Crippen LogP contribution is -1.97. The van der Waals surface area contributed by atoms with E-state index in [0.29, 0.717) is 0 Å². The van der Waals surface area contributed by atoms with Crippen molar-refractivity contribution in [1.29, 1.82) is 0 Å². The van der Waals surface area contributed by atoms with Gasteiger partial charge in [0.05, 0.1) is 11.6 Å². The number of aliphatic hydroxyl groups excluding tert-OH is 1. The van der Waals surface area contributed by atoms with Gasteiger partial charge in [0.15, 0.2) is 0 Å². The van der Waals surface area contributed by atoms with Gasteiger partial charge in [0.25, 0.3) is 0 Å². The highest BCUT2D eigenvalue weighted by Gasteiger charge is 2.18. The molecule has 0 unspecified atom stereocenters. The van der Waals surface area contributed by atoms with E-state index in [4.69, 9.17) is 16.7 Å². The van der Waals surface area contributed by atoms with Gasteiger partial charge >= 0.3 is 0 Å². The van der Waals surface area contributed by atoms with Crippen LogP contribution in [0.5, 0.6) is 0 Å². The largest absolute Gasteiger partial charge is 0.391 e. The molecule has 1 N–H and O–H groups in total. The minimum Gasteiger partial charge on any atom is -0.391 e. The summed E-state index contributed by atoms with van der Waals surface area (Å²) in [5, 5.41) is 9.82. The second-order valence-corrected chi connectivity index (χ2v) is 4.67. The molecule has 0 aliphatic heterocycles. The van der Waals surface area contributed by atoms with Crippen molar-refractivity contribution < 1.29 is 5.11 Å². The van der Waals surface area contributed by atoms with Crippen LogP contribution in [0.25, 0.3) is 0 Å². The molecular formula is C9H11ClOS. The number of rotatable bonds is 1. The van der Waals surface area contributed by atoms with E-state index in [0.717, 1.165) is 22.7 Å². The van der Waals surface area contributed by atoms with Gasteiger partial charge in [0.2, 0.25) is 0 Å². The third-order valence-corrected chi connectivity index (χ3v) is 4.16. The van der Waals surface area contributed by atoms with E-state index in [1.54, 1.807) is 11.3 Å². The fraction of sp³-hybridized carbons (Fsp3) is 0.556. The Morgan fingerprint density at radius 1 is 1.33 bits per heavy atom. The van der Waals surface area contributed by atoms with Crippen molar-refractivity contribution in [3.8, 4) is 0 Å². The molecule has 1 nitrogen and oxygen atoms in total. The van der Waals surface area contributed by atoms with Crippen LogP contribution in [0.4, 0.5) is 0 Å². The molecule has 0 fully saturated rings. The Hall–Kier alpha value is -0.0500. The number of fused-ring (bicyclic) bond motifs is 1. The lowest BCUT2D eigenvalue weighted by molar-refractivity contribution is 0.285. The van der Waals surface area contributed by atoms with Crippen LogP contribution in [-0.2, 0) is 19.4 Å². The molecule has 0 aromatic carbocycles. The molecule has 1 aromatic heterocycles. The normalized spacial score (nSPS) is 16.2. The summed E-state index contributed by atoms with van der Waals surface area (Å²) in [6.45, 7) is 0.0937. The van der Waals surface area contributed by atoms with Crippen LogP contribution in [0, 0.1) is 0 Å². The van der Waals surface area contributed by atoms with Crippen LogP contribution in [0.1, 0.15) is 28.2 Å². The van der Waals surface area contributed by atoms with Crippen molar-refractivity contribution in [2.45, 2.75) is 32.3 Å². The van der Waals surface area contributed by atoms with Crippen molar-refractivity contribution in [1.82, 2.24) is 0 Å². The van der Waals surface area contributed by atoms with Crippen LogP contribution in [0.3, 0.4) is 0 Å². The summed E-state index contributed by atoms with van der Waals surface area (Å²) in [6.07, 6.45) is 4.77. The first-order chi connectivity index (χ1) is 5.83. The fourth-order valence-electron chi connectivity index (χ4n) is 1.69. The summed E-state index contributed by atoms with van der Waals surface area (Å²) >= 11 is 7.77. The van der Waals surface area contributed by atoms with Crippen LogP contribution in [-0.4, -0.2) is 5.11 Å². The highest BCUT2D eigenvalue weighted by molar-refractivity contribution is 7.12. The van der Waals surface area contributed by atoms with Crippen LogP contribution in [0.2, 0.25) is 5.02 Å². The average molecular weight is 203 g/mol. The third-order valence-electron chi connectivity index (χ3n) is 2.32. The fourth-order valence-corrected chi connectivity index (χ4v) is 3.27. The molecule has 12 heavy (non-hydrogen) atoms. The second kappa shape index (κ2) is 3.36. The number of aliphatic hydroxyl groups is 1. The lowest BCUT2D eigenvalue weighted by Gasteiger charge is -2.09. The first-order valence-electron chi connectivity index (χ1n) is 4.22. The van der Waals surface area contributed by atoms with Crippen LogP contribution < -0.4 is 0 Å². The predicted octanol–water partition coefficient (Wildman–Crippen LogP) is 2.77. The van der Waals surface area contributed by atoms with Crippen molar-refractivity contribution in [3.05, 3.63) is 20.3 Å². The molecule has 0 saturated heterocycles. The Morgan fingerprint density at radius 3 is 2.75 bits per heavy atom. The maximum atomic E-state index is 8.99. The molecule has 0 bridgehead atoms. The number of halogens is 1. The summed E-state index contributed by atoms with van der Waals surface area (Å²) < 4.78 is 0. The molecule has 1 aliphatic carbocycles. The summed E-state index contributed by atoms with van der Waals surface area (Å²) in [5.74, 6) is 0. The Balaban J connectivity index is 2.44. The first kappa shape index (κ1) is 8.54. The van der Waals surface area contributed by atoms with E-state index in [1.807, 2.05) is 0 Å². The third kappa shape index (κ3) is 1.28. The van der Waals surface area contributed by atoms with Gasteiger partial charge in [-0.25, -0.2) is 0 Å². The number of thiophene rings is 1. The van der Waals surface area contributed by atoms with E-state index in [2.05, 4.69) is 0 Å². The van der Waals surface area contributed by atoms with Gasteiger partial charge in [-0.2, -0.15) is 0 Å². The van der Waals surface area contributed by atoms with E-state index < -0.39 is 0 Å². The topological polar surface area (TPSA) is 20.2 Å². The zero-order chi connectivity index (χ0) is 8.55.